The van der Waals surface area contributed by atoms with Crippen LogP contribution in [0.15, 0.2) is 85.1 Å². The summed E-state index contributed by atoms with van der Waals surface area (Å²) in [5, 5.41) is 10.1. The average Bonchev–Trinajstić information content (AvgIpc) is 3.71. The number of amides is 2. The predicted octanol–water partition coefficient (Wildman–Crippen LogP) is 5.17. The van der Waals surface area contributed by atoms with Gasteiger partial charge in [-0.1, -0.05) is 78.9 Å². The summed E-state index contributed by atoms with van der Waals surface area (Å²) in [5.41, 5.74) is 10.9. The molecule has 0 unspecified atom stereocenters. The third kappa shape index (κ3) is 5.56. The predicted molar refractivity (Wildman–Crippen MR) is 152 cm³/mol. The van der Waals surface area contributed by atoms with Crippen LogP contribution < -0.4 is 16.4 Å². The van der Waals surface area contributed by atoms with Gasteiger partial charge in [0.15, 0.2) is 0 Å². The molecule has 1 atom stereocenters. The summed E-state index contributed by atoms with van der Waals surface area (Å²) in [7, 11) is 1.78. The Balaban J connectivity index is 1.27. The van der Waals surface area contributed by atoms with Crippen molar-refractivity contribution in [2.75, 3.05) is 18.4 Å². The highest BCUT2D eigenvalue weighted by molar-refractivity contribution is 5.92. The standard InChI is InChI=1S/C31H33N5O3/c1-21(22-6-4-3-5-7-22)39-30(38)35-28-27(20-34-36(28)2)25-10-8-23(9-11-25)24-12-14-26(15-13-24)31(16-17-31)29(37)33-19-18-32/h3-15,20-21H,16-19,32H2,1-2H3,(H,33,37)(H,35,38)/t21-/m1/s1. The Morgan fingerprint density at radius 2 is 1.59 bits per heavy atom. The number of hydrogen-bond acceptors (Lipinski definition) is 5. The van der Waals surface area contributed by atoms with Gasteiger partial charge in [0.2, 0.25) is 5.91 Å². The van der Waals surface area contributed by atoms with E-state index in [1.165, 1.54) is 0 Å². The number of nitrogens with two attached hydrogens (primary N) is 1. The lowest BCUT2D eigenvalue weighted by Gasteiger charge is -2.16. The Bertz CT molecular complexity index is 1440. The van der Waals surface area contributed by atoms with E-state index >= 15 is 0 Å². The first-order valence-corrected chi connectivity index (χ1v) is 13.2. The summed E-state index contributed by atoms with van der Waals surface area (Å²) in [4.78, 5) is 25.3. The summed E-state index contributed by atoms with van der Waals surface area (Å²) >= 11 is 0. The molecule has 0 saturated heterocycles. The SMILES string of the molecule is C[C@@H](OC(=O)Nc1c(-c2ccc(-c3ccc(C4(C(=O)NCCN)CC4)cc3)cc2)cnn1C)c1ccccc1. The van der Waals surface area contributed by atoms with E-state index in [1.54, 1.807) is 17.9 Å². The second-order valence-electron chi connectivity index (χ2n) is 9.90. The minimum Gasteiger partial charge on any atom is -0.441 e. The molecule has 2 amide bonds. The van der Waals surface area contributed by atoms with E-state index in [2.05, 4.69) is 27.9 Å². The Kier molecular flexibility index (Phi) is 7.47. The molecule has 4 N–H and O–H groups in total. The normalized spacial score (nSPS) is 14.3. The first-order chi connectivity index (χ1) is 18.9. The van der Waals surface area contributed by atoms with Crippen LogP contribution in [-0.2, 0) is 22.0 Å². The van der Waals surface area contributed by atoms with Gasteiger partial charge in [-0.05, 0) is 47.6 Å². The highest BCUT2D eigenvalue weighted by Gasteiger charge is 2.50. The van der Waals surface area contributed by atoms with Crippen LogP contribution in [0.25, 0.3) is 22.3 Å². The Hall–Kier alpha value is -4.43. The summed E-state index contributed by atoms with van der Waals surface area (Å²) in [5.74, 6) is 0.615. The van der Waals surface area contributed by atoms with Crippen LogP contribution in [0.3, 0.4) is 0 Å². The molecule has 39 heavy (non-hydrogen) atoms. The van der Waals surface area contributed by atoms with Crippen molar-refractivity contribution < 1.29 is 14.3 Å². The Morgan fingerprint density at radius 3 is 2.21 bits per heavy atom. The van der Waals surface area contributed by atoms with Gasteiger partial charge in [0.1, 0.15) is 11.9 Å². The Labute approximate surface area is 228 Å². The molecule has 0 bridgehead atoms. The van der Waals surface area contributed by atoms with Gasteiger partial charge in [-0.15, -0.1) is 0 Å². The van der Waals surface area contributed by atoms with Gasteiger partial charge >= 0.3 is 6.09 Å². The molecule has 1 aliphatic rings. The van der Waals surface area contributed by atoms with Crippen LogP contribution in [0.2, 0.25) is 0 Å². The molecule has 0 aliphatic heterocycles. The molecule has 5 rings (SSSR count). The fourth-order valence-electron chi connectivity index (χ4n) is 4.83. The molecule has 8 heteroatoms. The maximum Gasteiger partial charge on any atom is 0.413 e. The number of anilines is 1. The van der Waals surface area contributed by atoms with Crippen molar-refractivity contribution >= 4 is 17.8 Å². The quantitative estimate of drug-likeness (QED) is 0.280. The molecule has 4 aromatic rings. The molecule has 1 fully saturated rings. The summed E-state index contributed by atoms with van der Waals surface area (Å²) in [6.45, 7) is 2.77. The van der Waals surface area contributed by atoms with Crippen molar-refractivity contribution in [2.24, 2.45) is 12.8 Å². The van der Waals surface area contributed by atoms with E-state index in [1.807, 2.05) is 73.7 Å². The largest absolute Gasteiger partial charge is 0.441 e. The average molecular weight is 524 g/mol. The fourth-order valence-corrected chi connectivity index (χ4v) is 4.83. The summed E-state index contributed by atoms with van der Waals surface area (Å²) < 4.78 is 7.20. The zero-order valence-corrected chi connectivity index (χ0v) is 22.2. The van der Waals surface area contributed by atoms with Crippen LogP contribution in [0, 0.1) is 0 Å². The van der Waals surface area contributed by atoms with Crippen molar-refractivity contribution in [1.82, 2.24) is 15.1 Å². The molecule has 1 saturated carbocycles. The first-order valence-electron chi connectivity index (χ1n) is 13.2. The van der Waals surface area contributed by atoms with E-state index in [0.717, 1.165) is 46.2 Å². The summed E-state index contributed by atoms with van der Waals surface area (Å²) in [6, 6.07) is 25.9. The van der Waals surface area contributed by atoms with Gasteiger partial charge in [0.05, 0.1) is 11.6 Å². The molecular weight excluding hydrogens is 490 g/mol. The number of nitrogens with one attached hydrogen (secondary N) is 2. The number of carbonyl (C=O) groups is 2. The topological polar surface area (TPSA) is 111 Å². The van der Waals surface area contributed by atoms with Gasteiger partial charge in [-0.2, -0.15) is 5.10 Å². The van der Waals surface area contributed by atoms with Crippen LogP contribution in [0.1, 0.15) is 37.0 Å². The molecule has 3 aromatic carbocycles. The first kappa shape index (κ1) is 26.2. The van der Waals surface area contributed by atoms with Crippen molar-refractivity contribution in [3.8, 4) is 22.3 Å². The van der Waals surface area contributed by atoms with Gasteiger partial charge < -0.3 is 15.8 Å². The maximum atomic E-state index is 12.7. The lowest BCUT2D eigenvalue weighted by molar-refractivity contribution is -0.123. The number of aryl methyl sites for hydroxylation is 1. The minimum absolute atomic E-state index is 0.0596. The number of hydrogen-bond donors (Lipinski definition) is 3. The van der Waals surface area contributed by atoms with E-state index < -0.39 is 11.5 Å². The van der Waals surface area contributed by atoms with Crippen molar-refractivity contribution in [1.29, 1.82) is 0 Å². The molecule has 1 heterocycles. The van der Waals surface area contributed by atoms with Crippen LogP contribution in [-0.4, -0.2) is 34.9 Å². The highest BCUT2D eigenvalue weighted by Crippen LogP contribution is 2.48. The maximum absolute atomic E-state index is 12.7. The molecule has 0 spiro atoms. The van der Waals surface area contributed by atoms with E-state index in [-0.39, 0.29) is 12.0 Å². The molecule has 8 nitrogen and oxygen atoms in total. The summed E-state index contributed by atoms with van der Waals surface area (Å²) in [6.07, 6.45) is 2.52. The highest BCUT2D eigenvalue weighted by atomic mass is 16.6. The second-order valence-corrected chi connectivity index (χ2v) is 9.90. The second kappa shape index (κ2) is 11.1. The smallest absolute Gasteiger partial charge is 0.413 e. The lowest BCUT2D eigenvalue weighted by atomic mass is 9.92. The van der Waals surface area contributed by atoms with Gasteiger partial charge in [0, 0.05) is 25.7 Å². The number of rotatable bonds is 9. The third-order valence-corrected chi connectivity index (χ3v) is 7.29. The van der Waals surface area contributed by atoms with Crippen molar-refractivity contribution in [3.63, 3.8) is 0 Å². The van der Waals surface area contributed by atoms with Crippen molar-refractivity contribution in [3.05, 3.63) is 96.2 Å². The zero-order valence-electron chi connectivity index (χ0n) is 22.2. The molecule has 200 valence electrons. The fraction of sp³-hybridized carbons (Fsp3) is 0.258. The molecule has 0 radical (unpaired) electrons. The number of carbonyl (C=O) groups excluding carboxylic acids is 2. The van der Waals surface area contributed by atoms with Gasteiger partial charge in [-0.25, -0.2) is 4.79 Å². The van der Waals surface area contributed by atoms with Crippen LogP contribution in [0.5, 0.6) is 0 Å². The number of benzene rings is 3. The Morgan fingerprint density at radius 1 is 0.974 bits per heavy atom. The number of nitrogens with zero attached hydrogens (tertiary/aromatic N) is 2. The molecular formula is C31H33N5O3. The number of aromatic nitrogens is 2. The monoisotopic (exact) mass is 523 g/mol. The zero-order chi connectivity index (χ0) is 27.4. The third-order valence-electron chi connectivity index (χ3n) is 7.29. The molecule has 1 aromatic heterocycles. The van der Waals surface area contributed by atoms with Gasteiger partial charge in [-0.3, -0.25) is 14.8 Å². The van der Waals surface area contributed by atoms with E-state index in [9.17, 15) is 9.59 Å². The van der Waals surface area contributed by atoms with E-state index in [0.29, 0.717) is 18.9 Å². The van der Waals surface area contributed by atoms with E-state index in [4.69, 9.17) is 10.5 Å². The molecule has 1 aliphatic carbocycles. The van der Waals surface area contributed by atoms with Crippen molar-refractivity contribution in [2.45, 2.75) is 31.3 Å². The van der Waals surface area contributed by atoms with Crippen LogP contribution >= 0.6 is 0 Å². The van der Waals surface area contributed by atoms with Gasteiger partial charge in [0.25, 0.3) is 0 Å². The van der Waals surface area contributed by atoms with Crippen LogP contribution in [0.4, 0.5) is 10.6 Å². The lowest BCUT2D eigenvalue weighted by Crippen LogP contribution is -2.37. The number of ether oxygens (including phenoxy) is 1. The minimum atomic E-state index is -0.543.